The number of nitrogens with one attached hydrogen (secondary N) is 1. The average Bonchev–Trinajstić information content (AvgIpc) is 3.69. The highest BCUT2D eigenvalue weighted by atomic mass is 16.5. The molecule has 0 aromatic heterocycles. The predicted octanol–water partition coefficient (Wildman–Crippen LogP) is 14.6. The molecule has 0 radical (unpaired) electrons. The molecule has 5 rings (SSSR count). The van der Waals surface area contributed by atoms with E-state index in [9.17, 15) is 9.59 Å². The van der Waals surface area contributed by atoms with Crippen LogP contribution in [-0.4, -0.2) is 80.5 Å². The van der Waals surface area contributed by atoms with Crippen LogP contribution in [0.2, 0.25) is 0 Å². The van der Waals surface area contributed by atoms with E-state index in [0.717, 1.165) is 88.9 Å². The van der Waals surface area contributed by atoms with E-state index in [2.05, 4.69) is 82.1 Å². The molecule has 0 bridgehead atoms. The number of carbonyl (C=O) groups is 2. The highest BCUT2D eigenvalue weighted by Gasteiger charge is 2.72. The minimum Gasteiger partial charge on any atom is -0.462 e. The first kappa shape index (κ1) is 56.4. The molecule has 4 fully saturated rings. The number of fused-ring (bicyclic) bond motifs is 5. The van der Waals surface area contributed by atoms with E-state index in [1.54, 1.807) is 0 Å². The number of nitrogens with zero attached hydrogens (tertiary/aromatic N) is 2. The third kappa shape index (κ3) is 16.5. The molecule has 1 heterocycles. The molecule has 1 amide bonds. The number of likely N-dealkylation sites (tertiary alicyclic amines) is 1. The standard InChI is InChI=1S/C60H101N3O5/c1-8-9-10-11-12-13-14-15-16-17-18-19-20-21-22-26-43-66-47-52(46-63-41-24-23-25-42-63)67-44-40-62-56(64)34-35-57(65)68-51-36-37-59(6)50(45-51)30-31-55-54-33-32-53(49(4)29-27-28-48(2)3)58(54,5)38-39-60(55,59)61-7/h7,12-13,15-16,30,48-49,51-55H,8-11,14,17-29,31-47H2,1-6H3/p+1/b13-12-,16-15-/t49-,51+,52?,53-,54+,55+,58-,59+,60-/m1/s1. The van der Waals surface area contributed by atoms with Gasteiger partial charge < -0.3 is 24.4 Å². The van der Waals surface area contributed by atoms with Gasteiger partial charge in [-0.15, -0.1) is 0 Å². The first-order chi connectivity index (χ1) is 33.0. The summed E-state index contributed by atoms with van der Waals surface area (Å²) in [7, 11) is 0. The summed E-state index contributed by atoms with van der Waals surface area (Å²) in [6.07, 6.45) is 42.9. The summed E-state index contributed by atoms with van der Waals surface area (Å²) < 4.78 is 18.6. The Morgan fingerprint density at radius 2 is 1.57 bits per heavy atom. The fraction of sp³-hybridized carbons (Fsp3) is 0.850. The molecule has 386 valence electrons. The van der Waals surface area contributed by atoms with Crippen LogP contribution in [0.15, 0.2) is 36.0 Å². The number of rotatable bonds is 32. The normalized spacial score (nSPS) is 29.3. The van der Waals surface area contributed by atoms with Crippen molar-refractivity contribution in [2.45, 2.75) is 239 Å². The monoisotopic (exact) mass is 945 g/mol. The van der Waals surface area contributed by atoms with Crippen LogP contribution in [0.1, 0.15) is 221 Å². The molecule has 0 aromatic carbocycles. The van der Waals surface area contributed by atoms with Crippen molar-refractivity contribution in [1.29, 1.82) is 0 Å². The fourth-order valence-corrected chi connectivity index (χ4v) is 13.9. The van der Waals surface area contributed by atoms with Crippen molar-refractivity contribution in [3.05, 3.63) is 40.8 Å². The Bertz CT molecular complexity index is 1610. The number of esters is 1. The maximum atomic E-state index is 13.2. The molecule has 3 saturated carbocycles. The van der Waals surface area contributed by atoms with Crippen molar-refractivity contribution in [2.75, 3.05) is 46.0 Å². The maximum absolute atomic E-state index is 13.2. The quantitative estimate of drug-likeness (QED) is 0.0411. The lowest BCUT2D eigenvalue weighted by atomic mass is 9.43. The van der Waals surface area contributed by atoms with Crippen LogP contribution >= 0.6 is 0 Å². The smallest absolute Gasteiger partial charge is 0.306 e. The van der Waals surface area contributed by atoms with E-state index in [0.29, 0.717) is 37.0 Å². The Morgan fingerprint density at radius 3 is 2.31 bits per heavy atom. The number of piperidine rings is 1. The summed E-state index contributed by atoms with van der Waals surface area (Å²) in [6.45, 7) is 26.3. The lowest BCUT2D eigenvalue weighted by Crippen LogP contribution is -2.61. The van der Waals surface area contributed by atoms with Gasteiger partial charge in [0.1, 0.15) is 6.10 Å². The summed E-state index contributed by atoms with van der Waals surface area (Å²) in [5.74, 6) is 3.02. The second-order valence-electron chi connectivity index (χ2n) is 23.3. The predicted molar refractivity (Wildman–Crippen MR) is 283 cm³/mol. The van der Waals surface area contributed by atoms with E-state index in [4.69, 9.17) is 25.6 Å². The molecule has 0 aromatic rings. The molecule has 5 aliphatic rings. The van der Waals surface area contributed by atoms with Crippen LogP contribution in [-0.2, 0) is 23.8 Å². The number of carbonyl (C=O) groups excluding carboxylic acids is 2. The molecule has 1 saturated heterocycles. The second kappa shape index (κ2) is 29.8. The van der Waals surface area contributed by atoms with Crippen molar-refractivity contribution >= 4 is 11.9 Å². The van der Waals surface area contributed by atoms with Crippen LogP contribution in [0.4, 0.5) is 0 Å². The van der Waals surface area contributed by atoms with Crippen molar-refractivity contribution in [1.82, 2.24) is 10.2 Å². The SMILES string of the molecule is C#[N+][C@]12CC[C@]3(C)[C@@H]([C@H](C)CCCC(C)C)CC[C@H]3[C@@H]1CC=C1C[C@@H](OC(=O)CCC(=O)NCCOC(COCCCCCCCC/C=C\C/C=C\CCCCC)CN3CCCCC3)CC[C@@]12C. The Labute approximate surface area is 417 Å². The van der Waals surface area contributed by atoms with Gasteiger partial charge in [0, 0.05) is 44.9 Å². The minimum atomic E-state index is -0.288. The highest BCUT2D eigenvalue weighted by molar-refractivity contribution is 5.81. The molecular formula is C60H102N3O5+. The van der Waals surface area contributed by atoms with Crippen LogP contribution in [0, 0.1) is 47.0 Å². The number of unbranched alkanes of at least 4 members (excludes halogenated alkanes) is 9. The van der Waals surface area contributed by atoms with E-state index < -0.39 is 0 Å². The Morgan fingerprint density at radius 1 is 0.838 bits per heavy atom. The number of ether oxygens (including phenoxy) is 3. The van der Waals surface area contributed by atoms with Crippen LogP contribution in [0.25, 0.3) is 4.85 Å². The first-order valence-corrected chi connectivity index (χ1v) is 28.7. The lowest BCUT2D eigenvalue weighted by molar-refractivity contribution is -0.152. The van der Waals surface area contributed by atoms with E-state index in [1.165, 1.54) is 128 Å². The summed E-state index contributed by atoms with van der Waals surface area (Å²) in [6, 6.07) is 0. The topological polar surface area (TPSA) is 81.5 Å². The molecule has 1 N–H and O–H groups in total. The maximum Gasteiger partial charge on any atom is 0.306 e. The van der Waals surface area contributed by atoms with E-state index in [1.807, 2.05) is 0 Å². The van der Waals surface area contributed by atoms with Gasteiger partial charge in [0.15, 0.2) is 0 Å². The molecule has 1 unspecified atom stereocenters. The van der Waals surface area contributed by atoms with Gasteiger partial charge in [-0.2, -0.15) is 0 Å². The number of hydrogen-bond acceptors (Lipinski definition) is 6. The number of hydrogen-bond donors (Lipinski definition) is 1. The van der Waals surface area contributed by atoms with Crippen LogP contribution < -0.4 is 5.32 Å². The molecule has 0 spiro atoms. The van der Waals surface area contributed by atoms with Crippen LogP contribution in [0.5, 0.6) is 0 Å². The molecule has 4 aliphatic carbocycles. The Hall–Kier alpha value is -2.47. The fourth-order valence-electron chi connectivity index (χ4n) is 13.9. The average molecular weight is 945 g/mol. The van der Waals surface area contributed by atoms with Gasteiger partial charge in [0.05, 0.1) is 31.2 Å². The Balaban J connectivity index is 0.953. The van der Waals surface area contributed by atoms with Gasteiger partial charge in [0.2, 0.25) is 5.91 Å². The molecule has 9 atom stereocenters. The Kier molecular flexibility index (Phi) is 24.7. The van der Waals surface area contributed by atoms with Crippen molar-refractivity contribution in [3.63, 3.8) is 0 Å². The largest absolute Gasteiger partial charge is 0.462 e. The zero-order chi connectivity index (χ0) is 48.7. The third-order valence-corrected chi connectivity index (χ3v) is 18.0. The van der Waals surface area contributed by atoms with Gasteiger partial charge in [0.25, 0.3) is 12.1 Å². The van der Waals surface area contributed by atoms with Crippen molar-refractivity contribution in [2.24, 2.45) is 40.4 Å². The summed E-state index contributed by atoms with van der Waals surface area (Å²) in [5, 5.41) is 2.98. The number of amides is 1. The van der Waals surface area contributed by atoms with Gasteiger partial charge in [-0.3, -0.25) is 9.59 Å². The summed E-state index contributed by atoms with van der Waals surface area (Å²) in [4.78, 5) is 33.4. The summed E-state index contributed by atoms with van der Waals surface area (Å²) in [5.41, 5.74) is 1.37. The minimum absolute atomic E-state index is 0.0213. The van der Waals surface area contributed by atoms with E-state index >= 15 is 0 Å². The second-order valence-corrected chi connectivity index (χ2v) is 23.3. The van der Waals surface area contributed by atoms with E-state index in [-0.39, 0.29) is 47.9 Å². The molecular weight excluding hydrogens is 843 g/mol. The zero-order valence-corrected chi connectivity index (χ0v) is 44.7. The zero-order valence-electron chi connectivity index (χ0n) is 44.7. The molecule has 8 heteroatoms. The molecule has 8 nitrogen and oxygen atoms in total. The summed E-state index contributed by atoms with van der Waals surface area (Å²) >= 11 is 0. The van der Waals surface area contributed by atoms with Crippen molar-refractivity contribution < 1.29 is 23.8 Å². The van der Waals surface area contributed by atoms with Crippen LogP contribution in [0.3, 0.4) is 0 Å². The van der Waals surface area contributed by atoms with Gasteiger partial charge in [-0.05, 0) is 139 Å². The molecule has 1 aliphatic heterocycles. The first-order valence-electron chi connectivity index (χ1n) is 28.7. The van der Waals surface area contributed by atoms with Crippen molar-refractivity contribution in [3.8, 4) is 6.57 Å². The number of allylic oxidation sites excluding steroid dienone is 5. The van der Waals surface area contributed by atoms with Gasteiger partial charge >= 0.3 is 5.97 Å². The highest BCUT2D eigenvalue weighted by Crippen LogP contribution is 2.70. The lowest BCUT2D eigenvalue weighted by Gasteiger charge is -2.57. The third-order valence-electron chi connectivity index (χ3n) is 18.0. The molecule has 68 heavy (non-hydrogen) atoms. The van der Waals surface area contributed by atoms with Gasteiger partial charge in [-0.1, -0.05) is 140 Å². The van der Waals surface area contributed by atoms with Gasteiger partial charge in [-0.25, -0.2) is 0 Å².